The van der Waals surface area contributed by atoms with Crippen LogP contribution in [0, 0.1) is 14.9 Å². The monoisotopic (exact) mass is 259 g/mol. The van der Waals surface area contributed by atoms with Crippen LogP contribution in [0.5, 0.6) is 5.75 Å². The molecule has 0 aliphatic heterocycles. The van der Waals surface area contributed by atoms with Gasteiger partial charge in [-0.15, -0.1) is 0 Å². The van der Waals surface area contributed by atoms with E-state index in [0.717, 1.165) is 9.32 Å². The summed E-state index contributed by atoms with van der Waals surface area (Å²) in [5.41, 5.74) is 0.633. The topological polar surface area (TPSA) is 33.0 Å². The predicted octanol–water partition coefficient (Wildman–Crippen LogP) is 2.17. The molecule has 0 heterocycles. The molecule has 0 atom stereocenters. The summed E-state index contributed by atoms with van der Waals surface area (Å²) in [6.07, 6.45) is 0. The molecule has 0 radical (unpaired) electrons. The normalized spacial score (nSPS) is 8.82. The highest BCUT2D eigenvalue weighted by Gasteiger charge is 1.96. The van der Waals surface area contributed by atoms with Gasteiger partial charge in [0.05, 0.1) is 18.7 Å². The standard InChI is InChI=1S/C8H6INO/c1-11-8-3-6(5-10)2-7(9)4-8/h2-4H,1H3. The number of benzene rings is 1. The van der Waals surface area contributed by atoms with E-state index in [2.05, 4.69) is 28.7 Å². The highest BCUT2D eigenvalue weighted by Crippen LogP contribution is 2.17. The van der Waals surface area contributed by atoms with E-state index in [0.29, 0.717) is 5.56 Å². The Balaban J connectivity index is 3.15. The van der Waals surface area contributed by atoms with Crippen molar-refractivity contribution in [3.63, 3.8) is 0 Å². The highest BCUT2D eigenvalue weighted by atomic mass is 127. The molecular weight excluding hydrogens is 253 g/mol. The van der Waals surface area contributed by atoms with E-state index in [9.17, 15) is 0 Å². The van der Waals surface area contributed by atoms with Gasteiger partial charge in [-0.2, -0.15) is 5.26 Å². The maximum Gasteiger partial charge on any atom is 0.121 e. The molecule has 1 aromatic carbocycles. The minimum absolute atomic E-state index is 0.633. The van der Waals surface area contributed by atoms with Gasteiger partial charge in [-0.25, -0.2) is 0 Å². The van der Waals surface area contributed by atoms with Crippen LogP contribution in [0.15, 0.2) is 18.2 Å². The van der Waals surface area contributed by atoms with Gasteiger partial charge < -0.3 is 4.74 Å². The predicted molar refractivity (Wildman–Crippen MR) is 50.4 cm³/mol. The molecule has 0 unspecified atom stereocenters. The second kappa shape index (κ2) is 3.58. The van der Waals surface area contributed by atoms with Gasteiger partial charge >= 0.3 is 0 Å². The van der Waals surface area contributed by atoms with Crippen LogP contribution in [-0.2, 0) is 0 Å². The van der Waals surface area contributed by atoms with Crippen LogP contribution in [-0.4, -0.2) is 7.11 Å². The van der Waals surface area contributed by atoms with Gasteiger partial charge in [-0.3, -0.25) is 0 Å². The number of nitrogens with zero attached hydrogens (tertiary/aromatic N) is 1. The minimum Gasteiger partial charge on any atom is -0.497 e. The average Bonchev–Trinajstić information content (AvgIpc) is 2.03. The van der Waals surface area contributed by atoms with Crippen LogP contribution in [0.4, 0.5) is 0 Å². The molecule has 3 heteroatoms. The summed E-state index contributed by atoms with van der Waals surface area (Å²) in [6.45, 7) is 0. The molecule has 0 aromatic heterocycles. The number of hydrogen-bond acceptors (Lipinski definition) is 2. The Kier molecular flexibility index (Phi) is 2.71. The zero-order chi connectivity index (χ0) is 8.27. The van der Waals surface area contributed by atoms with Gasteiger partial charge in [0.2, 0.25) is 0 Å². The van der Waals surface area contributed by atoms with E-state index in [-0.39, 0.29) is 0 Å². The minimum atomic E-state index is 0.633. The molecule has 0 amide bonds. The van der Waals surface area contributed by atoms with Crippen molar-refractivity contribution in [1.29, 1.82) is 5.26 Å². The van der Waals surface area contributed by atoms with E-state index >= 15 is 0 Å². The molecule has 0 N–H and O–H groups in total. The third-order valence-electron chi connectivity index (χ3n) is 1.24. The zero-order valence-corrected chi connectivity index (χ0v) is 8.12. The summed E-state index contributed by atoms with van der Waals surface area (Å²) in [5, 5.41) is 8.57. The second-order valence-corrected chi connectivity index (χ2v) is 3.24. The van der Waals surface area contributed by atoms with Gasteiger partial charge in [0.25, 0.3) is 0 Å². The van der Waals surface area contributed by atoms with Crippen molar-refractivity contribution in [3.05, 3.63) is 27.3 Å². The molecule has 1 aromatic rings. The molecule has 2 nitrogen and oxygen atoms in total. The Morgan fingerprint density at radius 2 is 2.18 bits per heavy atom. The zero-order valence-electron chi connectivity index (χ0n) is 5.97. The molecule has 11 heavy (non-hydrogen) atoms. The van der Waals surface area contributed by atoms with Crippen molar-refractivity contribution in [2.24, 2.45) is 0 Å². The first-order valence-electron chi connectivity index (χ1n) is 3.01. The van der Waals surface area contributed by atoms with Crippen LogP contribution in [0.3, 0.4) is 0 Å². The molecule has 1 rings (SSSR count). The first-order valence-corrected chi connectivity index (χ1v) is 4.09. The van der Waals surface area contributed by atoms with Gasteiger partial charge in [0.15, 0.2) is 0 Å². The maximum absolute atomic E-state index is 8.57. The number of methoxy groups -OCH3 is 1. The Morgan fingerprint density at radius 3 is 2.73 bits per heavy atom. The summed E-state index contributed by atoms with van der Waals surface area (Å²) in [5.74, 6) is 0.730. The quantitative estimate of drug-likeness (QED) is 0.724. The number of halogens is 1. The van der Waals surface area contributed by atoms with Crippen LogP contribution in [0.25, 0.3) is 0 Å². The Morgan fingerprint density at radius 1 is 1.45 bits per heavy atom. The van der Waals surface area contributed by atoms with Gasteiger partial charge in [-0.05, 0) is 40.8 Å². The van der Waals surface area contributed by atoms with Crippen molar-refractivity contribution in [2.75, 3.05) is 7.11 Å². The van der Waals surface area contributed by atoms with Crippen molar-refractivity contribution in [3.8, 4) is 11.8 Å². The van der Waals surface area contributed by atoms with Crippen molar-refractivity contribution < 1.29 is 4.74 Å². The van der Waals surface area contributed by atoms with E-state index in [1.54, 1.807) is 13.2 Å². The molecule has 0 spiro atoms. The molecule has 56 valence electrons. The third-order valence-corrected chi connectivity index (χ3v) is 1.86. The maximum atomic E-state index is 8.57. The van der Waals surface area contributed by atoms with Gasteiger partial charge in [0, 0.05) is 3.57 Å². The number of nitriles is 1. The van der Waals surface area contributed by atoms with Crippen molar-refractivity contribution >= 4 is 22.6 Å². The number of ether oxygens (including phenoxy) is 1. The van der Waals surface area contributed by atoms with Crippen LogP contribution < -0.4 is 4.74 Å². The molecule has 0 saturated carbocycles. The van der Waals surface area contributed by atoms with Crippen LogP contribution in [0.2, 0.25) is 0 Å². The van der Waals surface area contributed by atoms with Crippen LogP contribution >= 0.6 is 22.6 Å². The molecule has 0 aliphatic rings. The fraction of sp³-hybridized carbons (Fsp3) is 0.125. The smallest absolute Gasteiger partial charge is 0.121 e. The van der Waals surface area contributed by atoms with E-state index in [1.165, 1.54) is 0 Å². The fourth-order valence-corrected chi connectivity index (χ4v) is 1.39. The van der Waals surface area contributed by atoms with Crippen LogP contribution in [0.1, 0.15) is 5.56 Å². The Hall–Kier alpha value is -0.760. The van der Waals surface area contributed by atoms with Crippen molar-refractivity contribution in [2.45, 2.75) is 0 Å². The summed E-state index contributed by atoms with van der Waals surface area (Å²) < 4.78 is 5.99. The summed E-state index contributed by atoms with van der Waals surface area (Å²) in [4.78, 5) is 0. The fourth-order valence-electron chi connectivity index (χ4n) is 0.745. The first-order chi connectivity index (χ1) is 5.26. The molecule has 0 fully saturated rings. The number of rotatable bonds is 1. The average molecular weight is 259 g/mol. The van der Waals surface area contributed by atoms with E-state index in [1.807, 2.05) is 12.1 Å². The lowest BCUT2D eigenvalue weighted by atomic mass is 10.2. The lowest BCUT2D eigenvalue weighted by Gasteiger charge is -1.99. The summed E-state index contributed by atoms with van der Waals surface area (Å²) in [7, 11) is 1.59. The largest absolute Gasteiger partial charge is 0.497 e. The second-order valence-electron chi connectivity index (χ2n) is 1.99. The van der Waals surface area contributed by atoms with Gasteiger partial charge in [0.1, 0.15) is 5.75 Å². The highest BCUT2D eigenvalue weighted by molar-refractivity contribution is 14.1. The molecule has 0 saturated heterocycles. The summed E-state index contributed by atoms with van der Waals surface area (Å²) >= 11 is 2.15. The molecule has 0 aliphatic carbocycles. The molecule has 0 bridgehead atoms. The Bertz CT molecular complexity index is 303. The Labute approximate surface area is 78.9 Å². The SMILES string of the molecule is COc1cc(I)cc(C#N)c1. The van der Waals surface area contributed by atoms with Gasteiger partial charge in [-0.1, -0.05) is 0 Å². The third kappa shape index (κ3) is 2.09. The number of hydrogen-bond donors (Lipinski definition) is 0. The molecular formula is C8H6INO. The summed E-state index contributed by atoms with van der Waals surface area (Å²) in [6, 6.07) is 7.45. The van der Waals surface area contributed by atoms with Crippen molar-refractivity contribution in [1.82, 2.24) is 0 Å². The first kappa shape index (κ1) is 8.34. The lowest BCUT2D eigenvalue weighted by Crippen LogP contribution is -1.85. The lowest BCUT2D eigenvalue weighted by molar-refractivity contribution is 0.414. The van der Waals surface area contributed by atoms with E-state index in [4.69, 9.17) is 10.00 Å². The van der Waals surface area contributed by atoms with E-state index < -0.39 is 0 Å².